The summed E-state index contributed by atoms with van der Waals surface area (Å²) in [4.78, 5) is 0. The summed E-state index contributed by atoms with van der Waals surface area (Å²) < 4.78 is 143. The van der Waals surface area contributed by atoms with Crippen LogP contribution < -0.4 is 60.8 Å². The minimum atomic E-state index is -3.43. The number of nitrogens with two attached hydrogens (primary N) is 4. The van der Waals surface area contributed by atoms with Gasteiger partial charge in [0.1, 0.15) is 9.84 Å². The summed E-state index contributed by atoms with van der Waals surface area (Å²) in [7, 11) is -5.55. The smallest absolute Gasteiger partial charge is 0.161 e. The van der Waals surface area contributed by atoms with Gasteiger partial charge in [0, 0.05) is 34.5 Å². The van der Waals surface area contributed by atoms with E-state index in [0.29, 0.717) is 25.6 Å². The molecule has 0 radical (unpaired) electrons. The third-order valence-electron chi connectivity index (χ3n) is 9.11. The summed E-state index contributed by atoms with van der Waals surface area (Å²) >= 11 is 0. The number of rotatable bonds is 21. The molecule has 0 spiro atoms. The molecule has 0 aromatic heterocycles. The van der Waals surface area contributed by atoms with Crippen LogP contribution in [0.15, 0.2) is 72.8 Å². The van der Waals surface area contributed by atoms with Crippen molar-refractivity contribution in [2.45, 2.75) is 91.8 Å². The average Bonchev–Trinajstić information content (AvgIpc) is 3.30. The first-order chi connectivity index (χ1) is 34.2. The maximum Gasteiger partial charge on any atom is 0.161 e. The fourth-order valence-corrected chi connectivity index (χ4v) is 6.44. The topological polar surface area (TPSA) is 212 Å². The number of ether oxygens (including phenoxy) is 8. The van der Waals surface area contributed by atoms with E-state index in [1.165, 1.54) is 6.07 Å². The first-order valence-electron chi connectivity index (χ1n) is 26.0. The molecule has 0 saturated heterocycles. The molecule has 0 heterocycles. The van der Waals surface area contributed by atoms with E-state index in [9.17, 15) is 8.42 Å². The second-order valence-electron chi connectivity index (χ2n) is 13.7. The van der Waals surface area contributed by atoms with Crippen LogP contribution in [0.1, 0.15) is 129 Å². The van der Waals surface area contributed by atoms with E-state index >= 15 is 0 Å². The van der Waals surface area contributed by atoms with Crippen molar-refractivity contribution >= 4 is 9.84 Å². The second-order valence-corrected chi connectivity index (χ2v) is 15.9. The Bertz CT molecular complexity index is 2350. The van der Waals surface area contributed by atoms with E-state index < -0.39 is 60.6 Å². The Kier molecular flexibility index (Phi) is 19.0. The summed E-state index contributed by atoms with van der Waals surface area (Å²) in [6, 6.07) is 19.2. The van der Waals surface area contributed by atoms with Gasteiger partial charge in [-0.05, 0) is 118 Å². The molecule has 14 nitrogen and oxygen atoms in total. The molecule has 0 aliphatic rings. The lowest BCUT2D eigenvalue weighted by Crippen LogP contribution is -2.20. The monoisotopic (exact) mass is 914 g/mol. The van der Waals surface area contributed by atoms with Crippen molar-refractivity contribution in [3.8, 4) is 46.0 Å². The lowest BCUT2D eigenvalue weighted by Gasteiger charge is -2.15. The molecule has 8 N–H and O–H groups in total. The third-order valence-corrected chi connectivity index (χ3v) is 10.1. The molecule has 354 valence electrons. The predicted molar refractivity (Wildman–Crippen MR) is 255 cm³/mol. The van der Waals surface area contributed by atoms with Crippen LogP contribution in [-0.2, 0) is 9.84 Å². The van der Waals surface area contributed by atoms with Gasteiger partial charge in [0.25, 0.3) is 0 Å². The Hall–Kier alpha value is -4.93. The van der Waals surface area contributed by atoms with Crippen LogP contribution in [0.2, 0.25) is 0 Å². The quantitative estimate of drug-likeness (QED) is 0.0455. The van der Waals surface area contributed by atoms with Crippen LogP contribution in [-0.4, -0.2) is 75.1 Å². The molecule has 0 aliphatic carbocycles. The van der Waals surface area contributed by atoms with Gasteiger partial charge >= 0.3 is 0 Å². The summed E-state index contributed by atoms with van der Waals surface area (Å²) in [5.74, 6) is 2.27. The minimum Gasteiger partial charge on any atom is -0.493 e. The van der Waals surface area contributed by atoms with Crippen molar-refractivity contribution in [2.24, 2.45) is 22.9 Å². The molecule has 0 fully saturated rings. The average molecular weight is 914 g/mol. The SMILES string of the molecule is CCOc1cc(C(N)[13CH2]C)ccc1OC.CCOc1cc(C([15NH2])CC)ccc1OC.[2H]C([2H])([2H])Oc1ccc(C(N)CC)cc1OCC.[2H]C([2H])([2H])Oc1ccc(C(N)CS(C)(=O)=O)cc1OC([2H])([2H])C([2H])([2H])[2H]. The van der Waals surface area contributed by atoms with E-state index in [4.69, 9.17) is 75.9 Å². The first-order valence-corrected chi connectivity index (χ1v) is 22.6. The van der Waals surface area contributed by atoms with E-state index in [-0.39, 0.29) is 29.4 Å². The lowest BCUT2D eigenvalue weighted by atomic mass is 10.1. The van der Waals surface area contributed by atoms with Crippen molar-refractivity contribution in [2.75, 3.05) is 66.7 Å². The molecule has 15 heteroatoms. The number of hydrogen-bond donors (Lipinski definition) is 4. The minimum absolute atomic E-state index is 0.0649. The summed E-state index contributed by atoms with van der Waals surface area (Å²) in [5.41, 5.74) is 26.9. The summed E-state index contributed by atoms with van der Waals surface area (Å²) in [6.07, 6.45) is 3.60. The predicted octanol–water partition coefficient (Wildman–Crippen LogP) is 8.65. The molecule has 0 aliphatic heterocycles. The van der Waals surface area contributed by atoms with Crippen LogP contribution in [0.4, 0.5) is 0 Å². The fraction of sp³-hybridized carbons (Fsp3) is 0.500. The highest BCUT2D eigenvalue weighted by Gasteiger charge is 2.16. The van der Waals surface area contributed by atoms with Gasteiger partial charge in [0.05, 0.1) is 71.4 Å². The van der Waals surface area contributed by atoms with Gasteiger partial charge in [-0.1, -0.05) is 45.0 Å². The highest BCUT2D eigenvalue weighted by atomic mass is 32.2. The maximum absolute atomic E-state index is 11.4. The van der Waals surface area contributed by atoms with Gasteiger partial charge in [0.15, 0.2) is 46.0 Å². The fourth-order valence-electron chi connectivity index (χ4n) is 5.60. The Balaban J connectivity index is 0.000000507. The normalized spacial score (nSPS) is 15.9. The zero-order chi connectivity index (χ0) is 56.8. The van der Waals surface area contributed by atoms with E-state index in [1.807, 2.05) is 64.1 Å². The number of hydrogen-bond acceptors (Lipinski definition) is 14. The molecule has 0 bridgehead atoms. The van der Waals surface area contributed by atoms with Crippen LogP contribution in [0.5, 0.6) is 46.0 Å². The van der Waals surface area contributed by atoms with Crippen molar-refractivity contribution in [1.82, 2.24) is 0 Å². The Morgan fingerprint density at radius 2 is 0.794 bits per heavy atom. The summed E-state index contributed by atoms with van der Waals surface area (Å²) in [5, 5.41) is 0. The van der Waals surface area contributed by atoms with Crippen LogP contribution in [0, 0.1) is 0 Å². The maximum atomic E-state index is 11.4. The Morgan fingerprint density at radius 1 is 0.492 bits per heavy atom. The standard InChI is InChI=1S/C12H19NO4S.3C12H19NO2/c1-4-17-12-7-9(5-6-11(12)16-2)10(13)8-18(3,14)15;3*1-4-10(13)9-6-7-11(14-3)12(8-9)15-5-2/h5-7,10H,4,8,13H2,1-3H3;3*6-8,10H,4-5,13H2,1-3H3/i1D3,2D3,4D2;13+1;4+1;3D3. The van der Waals surface area contributed by atoms with Crippen molar-refractivity contribution in [1.29, 1.82) is 0 Å². The molecule has 63 heavy (non-hydrogen) atoms. The molecular weight excluding hydrogens is 827 g/mol. The van der Waals surface area contributed by atoms with Gasteiger partial charge < -0.3 is 60.8 Å². The van der Waals surface area contributed by atoms with Gasteiger partial charge in [-0.2, -0.15) is 0 Å². The highest BCUT2D eigenvalue weighted by molar-refractivity contribution is 7.90. The van der Waals surface area contributed by atoms with E-state index in [1.54, 1.807) is 32.4 Å². The Labute approximate surface area is 393 Å². The Morgan fingerprint density at radius 3 is 1.05 bits per heavy atom. The van der Waals surface area contributed by atoms with E-state index in [0.717, 1.165) is 77.3 Å². The molecule has 0 saturated carbocycles. The number of sulfone groups is 1. The van der Waals surface area contributed by atoms with E-state index in [2.05, 4.69) is 13.8 Å². The second kappa shape index (κ2) is 30.2. The number of methoxy groups -OCH3 is 4. The number of benzene rings is 4. The molecular formula is C48H76N4O10S. The van der Waals surface area contributed by atoms with Crippen molar-refractivity contribution in [3.05, 3.63) is 95.1 Å². The van der Waals surface area contributed by atoms with Gasteiger partial charge in [-0.25, -0.2) is 8.42 Å². The van der Waals surface area contributed by atoms with Gasteiger partial charge in [0.2, 0.25) is 0 Å². The summed E-state index contributed by atoms with van der Waals surface area (Å²) in [6.45, 7) is 7.20. The molecule has 4 atom stereocenters. The molecule has 4 aromatic rings. The molecule has 4 rings (SSSR count). The zero-order valence-electron chi connectivity index (χ0n) is 49.0. The van der Waals surface area contributed by atoms with Gasteiger partial charge in [-0.3, -0.25) is 0 Å². The largest absolute Gasteiger partial charge is 0.493 e. The molecule has 4 unspecified atom stereocenters. The van der Waals surface area contributed by atoms with Crippen molar-refractivity contribution < 1.29 is 61.4 Å². The van der Waals surface area contributed by atoms with Crippen LogP contribution >= 0.6 is 0 Å². The molecule has 4 aromatic carbocycles. The lowest BCUT2D eigenvalue weighted by molar-refractivity contribution is 0.310. The van der Waals surface area contributed by atoms with Gasteiger partial charge in [-0.15, -0.1) is 0 Å². The third kappa shape index (κ3) is 19.6. The first kappa shape index (κ1) is 39.6. The van der Waals surface area contributed by atoms with Crippen molar-refractivity contribution in [3.63, 3.8) is 0 Å². The van der Waals surface area contributed by atoms with Crippen LogP contribution in [0.3, 0.4) is 0 Å². The zero-order valence-corrected chi connectivity index (χ0v) is 38.8. The molecule has 0 amide bonds. The van der Waals surface area contributed by atoms with Crippen LogP contribution in [0.25, 0.3) is 0 Å². The highest BCUT2D eigenvalue weighted by Crippen LogP contribution is 2.33.